The predicted octanol–water partition coefficient (Wildman–Crippen LogP) is 4.28. The molecule has 1 aliphatic rings. The van der Waals surface area contributed by atoms with Crippen LogP contribution in [0.1, 0.15) is 29.7 Å². The number of aromatic nitrogens is 2. The van der Waals surface area contributed by atoms with Crippen LogP contribution in [0.15, 0.2) is 24.5 Å². The van der Waals surface area contributed by atoms with Gasteiger partial charge in [-0.05, 0) is 25.5 Å². The van der Waals surface area contributed by atoms with E-state index in [1.165, 1.54) is 17.4 Å². The summed E-state index contributed by atoms with van der Waals surface area (Å²) in [6, 6.07) is 2.86. The van der Waals surface area contributed by atoms with E-state index < -0.39 is 12.8 Å². The van der Waals surface area contributed by atoms with E-state index >= 15 is 0 Å². The molecule has 0 spiro atoms. The van der Waals surface area contributed by atoms with Gasteiger partial charge in [0.25, 0.3) is 0 Å². The molecular formula is C16H15ClF3N4O2+. The van der Waals surface area contributed by atoms with Crippen LogP contribution in [0.25, 0.3) is 0 Å². The van der Waals surface area contributed by atoms with E-state index in [1.54, 1.807) is 26.0 Å². The highest BCUT2D eigenvalue weighted by molar-refractivity contribution is 6.30. The van der Waals surface area contributed by atoms with E-state index in [0.717, 1.165) is 4.87 Å². The Morgan fingerprint density at radius 2 is 2.15 bits per heavy atom. The van der Waals surface area contributed by atoms with Gasteiger partial charge >= 0.3 is 11.9 Å². The average molecular weight is 388 g/mol. The van der Waals surface area contributed by atoms with Gasteiger partial charge in [-0.1, -0.05) is 11.6 Å². The average Bonchev–Trinajstić information content (AvgIpc) is 2.91. The number of aryl methyl sites for hydroxylation is 1. The summed E-state index contributed by atoms with van der Waals surface area (Å²) in [5, 5.41) is 1.80. The van der Waals surface area contributed by atoms with Crippen LogP contribution in [0.3, 0.4) is 0 Å². The maximum Gasteiger partial charge on any atom is 0.422 e. The number of hydrazine groups is 1. The van der Waals surface area contributed by atoms with Gasteiger partial charge in [-0.25, -0.2) is 9.97 Å². The minimum Gasteiger partial charge on any atom is -0.468 e. The number of nitrogens with zero attached hydrogens (tertiary/aromatic N) is 4. The molecule has 0 bridgehead atoms. The highest BCUT2D eigenvalue weighted by atomic mass is 35.5. The summed E-state index contributed by atoms with van der Waals surface area (Å²) in [5.41, 5.74) is 2.17. The van der Waals surface area contributed by atoms with Crippen LogP contribution in [0.5, 0.6) is 5.88 Å². The zero-order chi connectivity index (χ0) is 19.1. The first-order valence-electron chi connectivity index (χ1n) is 7.70. The number of fused-ring (bicyclic) bond motifs is 1. The number of nitroso groups, excluding NO2 is 1. The predicted molar refractivity (Wildman–Crippen MR) is 87.0 cm³/mol. The van der Waals surface area contributed by atoms with E-state index in [-0.39, 0.29) is 23.6 Å². The first-order valence-corrected chi connectivity index (χ1v) is 8.08. The number of hydrogen-bond donors (Lipinski definition) is 0. The topological polar surface area (TPSA) is 58.3 Å². The van der Waals surface area contributed by atoms with Gasteiger partial charge in [0, 0.05) is 24.0 Å². The molecule has 0 aromatic carbocycles. The van der Waals surface area contributed by atoms with Crippen LogP contribution in [-0.4, -0.2) is 32.6 Å². The maximum absolute atomic E-state index is 12.5. The Morgan fingerprint density at radius 3 is 2.77 bits per heavy atom. The molecular weight excluding hydrogens is 373 g/mol. The number of ether oxygens (including phenoxy) is 1. The van der Waals surface area contributed by atoms with Crippen molar-refractivity contribution < 1.29 is 22.8 Å². The molecule has 3 rings (SSSR count). The van der Waals surface area contributed by atoms with Gasteiger partial charge in [-0.2, -0.15) is 13.2 Å². The lowest BCUT2D eigenvalue weighted by Crippen LogP contribution is -2.28. The summed E-state index contributed by atoms with van der Waals surface area (Å²) in [6.45, 7) is 2.27. The molecule has 138 valence electrons. The molecule has 1 aliphatic heterocycles. The van der Waals surface area contributed by atoms with Gasteiger partial charge in [0.15, 0.2) is 11.5 Å². The highest BCUT2D eigenvalue weighted by Crippen LogP contribution is 2.37. The Labute approximate surface area is 152 Å². The Hall–Kier alpha value is -2.42. The van der Waals surface area contributed by atoms with Crippen molar-refractivity contribution in [2.24, 2.45) is 0 Å². The van der Waals surface area contributed by atoms with E-state index in [9.17, 15) is 18.1 Å². The molecule has 0 aliphatic carbocycles. The minimum atomic E-state index is -4.43. The molecule has 0 saturated carbocycles. The van der Waals surface area contributed by atoms with Gasteiger partial charge in [0.05, 0.1) is 10.5 Å². The molecule has 0 N–H and O–H groups in total. The lowest BCUT2D eigenvalue weighted by atomic mass is 10.1. The summed E-state index contributed by atoms with van der Waals surface area (Å²) in [5.74, 6) is -0.0887. The number of alkyl halides is 3. The van der Waals surface area contributed by atoms with E-state index in [4.69, 9.17) is 16.3 Å². The lowest BCUT2D eigenvalue weighted by Gasteiger charge is -2.18. The lowest BCUT2D eigenvalue weighted by molar-refractivity contribution is -0.644. The standard InChI is InChI=1S/C16H15ClF3N4O2/c1-9-5-11(6-22-15(9)26-8-16(18,19)20)10(2)23-7-12-13(24(23)25)3-4-21-14(12)17/h3-6,10H,7-8H2,1-2H3/q+1. The second-order valence-electron chi connectivity index (χ2n) is 5.94. The zero-order valence-electron chi connectivity index (χ0n) is 13.9. The fourth-order valence-corrected chi connectivity index (χ4v) is 2.94. The SMILES string of the molecule is Cc1cc(C(C)N2Cc3c(ccnc3Cl)[N+]2=O)cnc1OCC(F)(F)F. The van der Waals surface area contributed by atoms with Gasteiger partial charge in [-0.15, -0.1) is 5.01 Å². The zero-order valence-corrected chi connectivity index (χ0v) is 14.7. The first-order chi connectivity index (χ1) is 12.2. The van der Waals surface area contributed by atoms with Crippen LogP contribution < -0.4 is 4.74 Å². The Morgan fingerprint density at radius 1 is 1.42 bits per heavy atom. The van der Waals surface area contributed by atoms with Crippen LogP contribution in [0.2, 0.25) is 5.15 Å². The van der Waals surface area contributed by atoms with Crippen molar-refractivity contribution in [1.29, 1.82) is 0 Å². The number of pyridine rings is 2. The third kappa shape index (κ3) is 3.57. The third-order valence-corrected chi connectivity index (χ3v) is 4.42. The van der Waals surface area contributed by atoms with Crippen LogP contribution in [-0.2, 0) is 6.54 Å². The van der Waals surface area contributed by atoms with Crippen molar-refractivity contribution in [3.8, 4) is 5.88 Å². The van der Waals surface area contributed by atoms with Crippen LogP contribution in [0.4, 0.5) is 18.9 Å². The van der Waals surface area contributed by atoms with Crippen LogP contribution in [0, 0.1) is 11.8 Å². The Bertz CT molecular complexity index is 860. The first kappa shape index (κ1) is 18.4. The largest absolute Gasteiger partial charge is 0.468 e. The quantitative estimate of drug-likeness (QED) is 0.579. The molecule has 3 heterocycles. The molecule has 0 amide bonds. The van der Waals surface area contributed by atoms with Crippen molar-refractivity contribution in [2.45, 2.75) is 32.6 Å². The number of rotatable bonds is 4. The molecule has 6 nitrogen and oxygen atoms in total. The summed E-state index contributed by atoms with van der Waals surface area (Å²) in [6.07, 6.45) is -1.57. The van der Waals surface area contributed by atoms with Crippen LogP contribution >= 0.6 is 11.6 Å². The Balaban J connectivity index is 1.79. The van der Waals surface area contributed by atoms with Crippen molar-refractivity contribution in [2.75, 3.05) is 6.61 Å². The minimum absolute atomic E-state index is 0.0887. The highest BCUT2D eigenvalue weighted by Gasteiger charge is 2.41. The van der Waals surface area contributed by atoms with E-state index in [0.29, 0.717) is 22.4 Å². The van der Waals surface area contributed by atoms with Crippen molar-refractivity contribution in [3.05, 3.63) is 51.3 Å². The summed E-state index contributed by atoms with van der Waals surface area (Å²) in [4.78, 5) is 21.2. The second-order valence-corrected chi connectivity index (χ2v) is 6.30. The van der Waals surface area contributed by atoms with E-state index in [2.05, 4.69) is 9.97 Å². The third-order valence-electron chi connectivity index (χ3n) is 4.09. The van der Waals surface area contributed by atoms with E-state index in [1.807, 2.05) is 0 Å². The second kappa shape index (κ2) is 6.71. The van der Waals surface area contributed by atoms with Gasteiger partial charge in [0.2, 0.25) is 5.88 Å². The molecule has 0 fully saturated rings. The molecule has 0 radical (unpaired) electrons. The molecule has 10 heteroatoms. The smallest absolute Gasteiger partial charge is 0.422 e. The molecule has 1 unspecified atom stereocenters. The van der Waals surface area contributed by atoms with Crippen molar-refractivity contribution >= 4 is 17.3 Å². The van der Waals surface area contributed by atoms with Gasteiger partial charge in [0.1, 0.15) is 17.7 Å². The summed E-state index contributed by atoms with van der Waals surface area (Å²) >= 11 is 6.04. The molecule has 1 atom stereocenters. The molecule has 26 heavy (non-hydrogen) atoms. The van der Waals surface area contributed by atoms with Gasteiger partial charge in [-0.3, -0.25) is 0 Å². The fourth-order valence-electron chi connectivity index (χ4n) is 2.73. The molecule has 0 saturated heterocycles. The monoisotopic (exact) mass is 387 g/mol. The fraction of sp³-hybridized carbons (Fsp3) is 0.375. The molecule has 2 aromatic rings. The number of hydrogen-bond acceptors (Lipinski definition) is 4. The number of halogens is 4. The Kier molecular flexibility index (Phi) is 4.74. The van der Waals surface area contributed by atoms with Crippen molar-refractivity contribution in [1.82, 2.24) is 15.0 Å². The van der Waals surface area contributed by atoms with Crippen molar-refractivity contribution in [3.63, 3.8) is 0 Å². The normalized spacial score (nSPS) is 15.2. The molecule has 2 aromatic heterocycles. The van der Waals surface area contributed by atoms with Gasteiger partial charge < -0.3 is 4.74 Å². The summed E-state index contributed by atoms with van der Waals surface area (Å²) < 4.78 is 41.5. The maximum atomic E-state index is 12.5. The summed E-state index contributed by atoms with van der Waals surface area (Å²) in [7, 11) is 0.